The van der Waals surface area contributed by atoms with E-state index < -0.39 is 12.0 Å². The van der Waals surface area contributed by atoms with Crippen LogP contribution < -0.4 is 5.32 Å². The van der Waals surface area contributed by atoms with Gasteiger partial charge in [0.25, 0.3) is 5.91 Å². The van der Waals surface area contributed by atoms with E-state index in [9.17, 15) is 9.90 Å². The van der Waals surface area contributed by atoms with Crippen LogP contribution in [0.3, 0.4) is 0 Å². The van der Waals surface area contributed by atoms with Gasteiger partial charge in [-0.15, -0.1) is 0 Å². The maximum Gasteiger partial charge on any atom is 0.257 e. The largest absolute Gasteiger partial charge is 0.444 e. The summed E-state index contributed by atoms with van der Waals surface area (Å²) in [5.74, 6) is -0.000795. The minimum absolute atomic E-state index is 0.488. The first kappa shape index (κ1) is 15.0. The number of carbonyl (C=O) groups excluding carboxylic acids is 1. The van der Waals surface area contributed by atoms with Crippen molar-refractivity contribution in [2.24, 2.45) is 0 Å². The lowest BCUT2D eigenvalue weighted by atomic mass is 10.1. The third-order valence-electron chi connectivity index (χ3n) is 3.36. The van der Waals surface area contributed by atoms with Gasteiger partial charge in [-0.25, -0.2) is 4.98 Å². The van der Waals surface area contributed by atoms with Crippen LogP contribution in [0.5, 0.6) is 0 Å². The lowest BCUT2D eigenvalue weighted by Gasteiger charge is -2.12. The van der Waals surface area contributed by atoms with Gasteiger partial charge >= 0.3 is 0 Å². The average Bonchev–Trinajstić information content (AvgIpc) is 3.02. The first-order valence-electron chi connectivity index (χ1n) is 7.20. The van der Waals surface area contributed by atoms with Crippen molar-refractivity contribution in [3.05, 3.63) is 72.1 Å². The molecule has 0 spiro atoms. The molecule has 116 valence electrons. The molecule has 5 heteroatoms. The van der Waals surface area contributed by atoms with Crippen LogP contribution in [0.2, 0.25) is 0 Å². The highest BCUT2D eigenvalue weighted by Crippen LogP contribution is 2.23. The van der Waals surface area contributed by atoms with Gasteiger partial charge in [0.15, 0.2) is 6.10 Å². The molecule has 0 aliphatic heterocycles. The maximum atomic E-state index is 12.2. The lowest BCUT2D eigenvalue weighted by Crippen LogP contribution is -2.20. The standard InChI is InChI=1S/C18H16N2O3/c1-12-11-23-18(19-12)14-8-5-9-15(10-14)20-17(22)16(21)13-6-3-2-4-7-13/h2-11,16,21H,1H3,(H,20,22). The van der Waals surface area contributed by atoms with Gasteiger partial charge in [0.05, 0.1) is 5.69 Å². The SMILES string of the molecule is Cc1coc(-c2cccc(NC(=O)C(O)c3ccccc3)c2)n1. The van der Waals surface area contributed by atoms with E-state index in [2.05, 4.69) is 10.3 Å². The maximum absolute atomic E-state index is 12.2. The minimum atomic E-state index is -1.22. The molecule has 3 aromatic rings. The van der Waals surface area contributed by atoms with Crippen LogP contribution >= 0.6 is 0 Å². The Hall–Kier alpha value is -2.92. The molecular formula is C18H16N2O3. The number of hydrogen-bond donors (Lipinski definition) is 2. The van der Waals surface area contributed by atoms with Gasteiger partial charge in [-0.1, -0.05) is 36.4 Å². The minimum Gasteiger partial charge on any atom is -0.444 e. The number of nitrogens with one attached hydrogen (secondary N) is 1. The summed E-state index contributed by atoms with van der Waals surface area (Å²) in [7, 11) is 0. The quantitative estimate of drug-likeness (QED) is 0.775. The summed E-state index contributed by atoms with van der Waals surface area (Å²) < 4.78 is 5.35. The summed E-state index contributed by atoms with van der Waals surface area (Å²) in [5, 5.41) is 12.8. The summed E-state index contributed by atoms with van der Waals surface area (Å²) in [6.07, 6.45) is 0.351. The van der Waals surface area contributed by atoms with Gasteiger partial charge in [-0.05, 0) is 30.7 Å². The molecule has 23 heavy (non-hydrogen) atoms. The summed E-state index contributed by atoms with van der Waals surface area (Å²) in [6.45, 7) is 1.84. The normalized spacial score (nSPS) is 11.9. The topological polar surface area (TPSA) is 75.4 Å². The molecule has 1 amide bonds. The van der Waals surface area contributed by atoms with E-state index in [0.717, 1.165) is 11.3 Å². The van der Waals surface area contributed by atoms with Crippen molar-refractivity contribution in [3.63, 3.8) is 0 Å². The predicted molar refractivity (Wildman–Crippen MR) is 86.7 cm³/mol. The van der Waals surface area contributed by atoms with Crippen molar-refractivity contribution in [2.75, 3.05) is 5.32 Å². The van der Waals surface area contributed by atoms with Crippen molar-refractivity contribution < 1.29 is 14.3 Å². The van der Waals surface area contributed by atoms with Crippen LogP contribution in [0, 0.1) is 6.92 Å². The summed E-state index contributed by atoms with van der Waals surface area (Å²) in [6, 6.07) is 15.9. The van der Waals surface area contributed by atoms with E-state index in [1.165, 1.54) is 0 Å². The molecule has 0 aliphatic rings. The van der Waals surface area contributed by atoms with Crippen molar-refractivity contribution in [2.45, 2.75) is 13.0 Å². The third kappa shape index (κ3) is 3.46. The van der Waals surface area contributed by atoms with Crippen molar-refractivity contribution in [3.8, 4) is 11.5 Å². The van der Waals surface area contributed by atoms with Crippen molar-refractivity contribution in [1.29, 1.82) is 0 Å². The first-order chi connectivity index (χ1) is 11.1. The van der Waals surface area contributed by atoms with Crippen LogP contribution in [-0.4, -0.2) is 16.0 Å². The molecule has 1 atom stereocenters. The number of aliphatic hydroxyl groups excluding tert-OH is 1. The molecule has 0 saturated heterocycles. The molecule has 0 bridgehead atoms. The number of benzene rings is 2. The molecule has 1 unspecified atom stereocenters. The van der Waals surface area contributed by atoms with Gasteiger partial charge in [0.1, 0.15) is 6.26 Å². The van der Waals surface area contributed by atoms with Gasteiger partial charge in [-0.2, -0.15) is 0 Å². The van der Waals surface area contributed by atoms with Crippen LogP contribution in [0.1, 0.15) is 17.4 Å². The molecule has 0 aliphatic carbocycles. The number of aryl methyl sites for hydroxylation is 1. The molecule has 3 rings (SSSR count). The van der Waals surface area contributed by atoms with E-state index in [1.807, 2.05) is 19.1 Å². The zero-order chi connectivity index (χ0) is 16.2. The molecule has 0 radical (unpaired) electrons. The number of anilines is 1. The van der Waals surface area contributed by atoms with Crippen molar-refractivity contribution >= 4 is 11.6 Å². The van der Waals surface area contributed by atoms with E-state index >= 15 is 0 Å². The molecule has 0 fully saturated rings. The Morgan fingerprint density at radius 3 is 2.65 bits per heavy atom. The fraction of sp³-hybridized carbons (Fsp3) is 0.111. The van der Waals surface area contributed by atoms with E-state index in [0.29, 0.717) is 17.1 Å². The van der Waals surface area contributed by atoms with Crippen LogP contribution in [0.15, 0.2) is 65.3 Å². The van der Waals surface area contributed by atoms with E-state index in [-0.39, 0.29) is 0 Å². The molecule has 0 saturated carbocycles. The second kappa shape index (κ2) is 6.46. The number of carbonyl (C=O) groups is 1. The molecule has 2 N–H and O–H groups in total. The Morgan fingerprint density at radius 1 is 1.17 bits per heavy atom. The van der Waals surface area contributed by atoms with Crippen molar-refractivity contribution in [1.82, 2.24) is 4.98 Å². The second-order valence-electron chi connectivity index (χ2n) is 5.18. The Bertz CT molecular complexity index is 812. The van der Waals surface area contributed by atoms with E-state index in [1.54, 1.807) is 48.7 Å². The predicted octanol–water partition coefficient (Wildman–Crippen LogP) is 3.32. The summed E-state index contributed by atoms with van der Waals surface area (Å²) >= 11 is 0. The summed E-state index contributed by atoms with van der Waals surface area (Å²) in [4.78, 5) is 16.4. The fourth-order valence-electron chi connectivity index (χ4n) is 2.21. The Balaban J connectivity index is 1.76. The molecule has 2 aromatic carbocycles. The first-order valence-corrected chi connectivity index (χ1v) is 7.20. The molecular weight excluding hydrogens is 292 g/mol. The Kier molecular flexibility index (Phi) is 4.21. The monoisotopic (exact) mass is 308 g/mol. The van der Waals surface area contributed by atoms with Crippen LogP contribution in [0.25, 0.3) is 11.5 Å². The molecule has 1 heterocycles. The van der Waals surface area contributed by atoms with Gasteiger partial charge < -0.3 is 14.8 Å². The Labute approximate surface area is 133 Å². The number of hydrogen-bond acceptors (Lipinski definition) is 4. The zero-order valence-corrected chi connectivity index (χ0v) is 12.6. The van der Waals surface area contributed by atoms with Crippen LogP contribution in [0.4, 0.5) is 5.69 Å². The summed E-state index contributed by atoms with van der Waals surface area (Å²) in [5.41, 5.74) is 2.65. The fourth-order valence-corrected chi connectivity index (χ4v) is 2.21. The average molecular weight is 308 g/mol. The number of aromatic nitrogens is 1. The zero-order valence-electron chi connectivity index (χ0n) is 12.6. The molecule has 5 nitrogen and oxygen atoms in total. The number of aliphatic hydroxyl groups is 1. The second-order valence-corrected chi connectivity index (χ2v) is 5.18. The lowest BCUT2D eigenvalue weighted by molar-refractivity contribution is -0.124. The smallest absolute Gasteiger partial charge is 0.257 e. The highest BCUT2D eigenvalue weighted by molar-refractivity contribution is 5.95. The highest BCUT2D eigenvalue weighted by Gasteiger charge is 2.17. The van der Waals surface area contributed by atoms with Crippen LogP contribution in [-0.2, 0) is 4.79 Å². The Morgan fingerprint density at radius 2 is 1.96 bits per heavy atom. The highest BCUT2D eigenvalue weighted by atomic mass is 16.3. The number of nitrogens with zero attached hydrogens (tertiary/aromatic N) is 1. The number of amides is 1. The number of oxazole rings is 1. The van der Waals surface area contributed by atoms with Gasteiger partial charge in [0, 0.05) is 11.3 Å². The van der Waals surface area contributed by atoms with Gasteiger partial charge in [0.2, 0.25) is 5.89 Å². The number of rotatable bonds is 4. The third-order valence-corrected chi connectivity index (χ3v) is 3.36. The van der Waals surface area contributed by atoms with E-state index in [4.69, 9.17) is 4.42 Å². The van der Waals surface area contributed by atoms with Gasteiger partial charge in [-0.3, -0.25) is 4.79 Å². The molecule has 1 aromatic heterocycles.